The first kappa shape index (κ1) is 25.5. The van der Waals surface area contributed by atoms with Crippen LogP contribution in [0.4, 0.5) is 5.69 Å². The number of para-hydroxylation sites is 1. The van der Waals surface area contributed by atoms with Crippen molar-refractivity contribution in [3.8, 4) is 0 Å². The van der Waals surface area contributed by atoms with Crippen molar-refractivity contribution in [2.45, 2.75) is 24.9 Å². The first-order chi connectivity index (χ1) is 16.7. The van der Waals surface area contributed by atoms with Crippen LogP contribution >= 0.6 is 34.8 Å². The number of sulfonamides is 1. The lowest BCUT2D eigenvalue weighted by molar-refractivity contribution is 0.357. The summed E-state index contributed by atoms with van der Waals surface area (Å²) in [6, 6.07) is 22.4. The van der Waals surface area contributed by atoms with Crippen molar-refractivity contribution in [1.82, 2.24) is 4.31 Å². The molecule has 0 radical (unpaired) electrons. The van der Waals surface area contributed by atoms with Gasteiger partial charge in [-0.1, -0.05) is 70.7 Å². The summed E-state index contributed by atoms with van der Waals surface area (Å²) in [6.07, 6.45) is 1.54. The fraction of sp³-hybridized carbons (Fsp3) is 0.115. The minimum atomic E-state index is -3.84. The monoisotopic (exact) mass is 546 g/mol. The number of hydrogen-bond acceptors (Lipinski definition) is 4. The minimum absolute atomic E-state index is 0.0103. The van der Waals surface area contributed by atoms with Crippen molar-refractivity contribution in [3.05, 3.63) is 117 Å². The second-order valence-corrected chi connectivity index (χ2v) is 11.0. The van der Waals surface area contributed by atoms with E-state index in [2.05, 4.69) is 4.99 Å². The number of furan rings is 1. The molecule has 0 aliphatic rings. The second kappa shape index (κ2) is 11.0. The molecule has 0 bridgehead atoms. The Morgan fingerprint density at radius 1 is 0.857 bits per heavy atom. The predicted octanol–water partition coefficient (Wildman–Crippen LogP) is 7.69. The van der Waals surface area contributed by atoms with Gasteiger partial charge in [0.05, 0.1) is 38.4 Å². The number of aryl methyl sites for hydroxylation is 1. The molecule has 0 unspecified atom stereocenters. The first-order valence-electron chi connectivity index (χ1n) is 10.6. The SMILES string of the molecule is Cc1ccc(S(=O)(=O)N(Cc2ccc(Cl)c(Cl)c2)Cc2ccc(C=Nc3ccccc3Cl)o2)cc1. The van der Waals surface area contributed by atoms with Gasteiger partial charge < -0.3 is 4.42 Å². The van der Waals surface area contributed by atoms with Crippen LogP contribution in [0.2, 0.25) is 15.1 Å². The molecule has 0 amide bonds. The van der Waals surface area contributed by atoms with Gasteiger partial charge in [-0.15, -0.1) is 0 Å². The molecule has 0 saturated heterocycles. The summed E-state index contributed by atoms with van der Waals surface area (Å²) in [5.74, 6) is 0.934. The third-order valence-electron chi connectivity index (χ3n) is 5.20. The van der Waals surface area contributed by atoms with Crippen molar-refractivity contribution in [3.63, 3.8) is 0 Å². The Morgan fingerprint density at radius 2 is 1.60 bits per heavy atom. The molecular formula is C26H21Cl3N2O3S. The normalized spacial score (nSPS) is 12.0. The molecule has 0 fully saturated rings. The Kier molecular flexibility index (Phi) is 7.99. The van der Waals surface area contributed by atoms with E-state index >= 15 is 0 Å². The standard InChI is InChI=1S/C26H21Cl3N2O3S/c1-18-6-11-22(12-7-18)35(32,33)31(16-19-8-13-23(27)25(29)14-19)17-21-10-9-20(34-21)15-30-26-5-3-2-4-24(26)28/h2-15H,16-17H2,1H3. The molecule has 0 atom stereocenters. The van der Waals surface area contributed by atoms with Gasteiger partial charge in [-0.05, 0) is 61.0 Å². The van der Waals surface area contributed by atoms with Crippen LogP contribution in [-0.2, 0) is 23.1 Å². The number of benzene rings is 3. The van der Waals surface area contributed by atoms with Crippen LogP contribution in [0.1, 0.15) is 22.6 Å². The topological polar surface area (TPSA) is 62.9 Å². The lowest BCUT2D eigenvalue weighted by Gasteiger charge is -2.22. The average Bonchev–Trinajstić information content (AvgIpc) is 3.28. The Morgan fingerprint density at radius 3 is 2.31 bits per heavy atom. The van der Waals surface area contributed by atoms with Crippen LogP contribution in [0.25, 0.3) is 0 Å². The third kappa shape index (κ3) is 6.34. The van der Waals surface area contributed by atoms with Crippen LogP contribution in [-0.4, -0.2) is 18.9 Å². The molecule has 9 heteroatoms. The Balaban J connectivity index is 1.62. The summed E-state index contributed by atoms with van der Waals surface area (Å²) in [5.41, 5.74) is 2.27. The highest BCUT2D eigenvalue weighted by molar-refractivity contribution is 7.89. The second-order valence-electron chi connectivity index (χ2n) is 7.85. The molecule has 0 aliphatic heterocycles. The molecule has 180 valence electrons. The summed E-state index contributed by atoms with van der Waals surface area (Å²) in [6.45, 7) is 1.99. The van der Waals surface area contributed by atoms with E-state index < -0.39 is 10.0 Å². The van der Waals surface area contributed by atoms with Gasteiger partial charge in [0.1, 0.15) is 11.5 Å². The smallest absolute Gasteiger partial charge is 0.243 e. The molecule has 0 aliphatic carbocycles. The van der Waals surface area contributed by atoms with Crippen LogP contribution < -0.4 is 0 Å². The summed E-state index contributed by atoms with van der Waals surface area (Å²) in [4.78, 5) is 4.54. The highest BCUT2D eigenvalue weighted by Gasteiger charge is 2.26. The number of rotatable bonds is 8. The first-order valence-corrected chi connectivity index (χ1v) is 13.2. The van der Waals surface area contributed by atoms with Crippen LogP contribution in [0.15, 0.2) is 93.2 Å². The fourth-order valence-corrected chi connectivity index (χ4v) is 5.24. The number of hydrogen-bond donors (Lipinski definition) is 0. The lowest BCUT2D eigenvalue weighted by Crippen LogP contribution is -2.30. The van der Waals surface area contributed by atoms with Gasteiger partial charge in [0, 0.05) is 6.54 Å². The summed E-state index contributed by atoms with van der Waals surface area (Å²) >= 11 is 18.3. The third-order valence-corrected chi connectivity index (χ3v) is 8.06. The van der Waals surface area contributed by atoms with E-state index in [4.69, 9.17) is 39.2 Å². The molecule has 5 nitrogen and oxygen atoms in total. The van der Waals surface area contributed by atoms with E-state index in [1.807, 2.05) is 19.1 Å². The average molecular weight is 548 g/mol. The Labute approximate surface area is 219 Å². The van der Waals surface area contributed by atoms with Crippen molar-refractivity contribution in [2.75, 3.05) is 0 Å². The van der Waals surface area contributed by atoms with Crippen molar-refractivity contribution >= 4 is 56.7 Å². The molecule has 0 saturated carbocycles. The van der Waals surface area contributed by atoms with E-state index in [1.165, 1.54) is 4.31 Å². The van der Waals surface area contributed by atoms with Crippen LogP contribution in [0.3, 0.4) is 0 Å². The van der Waals surface area contributed by atoms with Gasteiger partial charge in [-0.3, -0.25) is 4.99 Å². The van der Waals surface area contributed by atoms with Gasteiger partial charge in [-0.25, -0.2) is 8.42 Å². The number of halogens is 3. The van der Waals surface area contributed by atoms with Gasteiger partial charge >= 0.3 is 0 Å². The Bertz CT molecular complexity index is 1470. The highest BCUT2D eigenvalue weighted by Crippen LogP contribution is 2.27. The van der Waals surface area contributed by atoms with E-state index in [-0.39, 0.29) is 18.0 Å². The molecule has 35 heavy (non-hydrogen) atoms. The van der Waals surface area contributed by atoms with Crippen molar-refractivity contribution < 1.29 is 12.8 Å². The molecule has 3 aromatic carbocycles. The zero-order valence-corrected chi connectivity index (χ0v) is 21.7. The number of aliphatic imine (C=N–C) groups is 1. The number of nitrogens with zero attached hydrogens (tertiary/aromatic N) is 2. The molecule has 1 aromatic heterocycles. The van der Waals surface area contributed by atoms with Gasteiger partial charge in [-0.2, -0.15) is 4.31 Å². The van der Waals surface area contributed by atoms with Crippen molar-refractivity contribution in [2.24, 2.45) is 4.99 Å². The summed E-state index contributed by atoms with van der Waals surface area (Å²) in [5, 5.41) is 1.28. The van der Waals surface area contributed by atoms with E-state index in [9.17, 15) is 8.42 Å². The quantitative estimate of drug-likeness (QED) is 0.212. The fourth-order valence-electron chi connectivity index (χ4n) is 3.34. The molecule has 1 heterocycles. The molecule has 4 rings (SSSR count). The highest BCUT2D eigenvalue weighted by atomic mass is 35.5. The largest absolute Gasteiger partial charge is 0.459 e. The molecular weight excluding hydrogens is 527 g/mol. The van der Waals surface area contributed by atoms with Crippen molar-refractivity contribution in [1.29, 1.82) is 0 Å². The van der Waals surface area contributed by atoms with E-state index in [0.29, 0.717) is 37.8 Å². The predicted molar refractivity (Wildman–Crippen MR) is 141 cm³/mol. The Hall–Kier alpha value is -2.61. The van der Waals surface area contributed by atoms with Crippen LogP contribution in [0.5, 0.6) is 0 Å². The molecule has 0 spiro atoms. The van der Waals surface area contributed by atoms with E-state index in [1.54, 1.807) is 72.9 Å². The maximum absolute atomic E-state index is 13.5. The van der Waals surface area contributed by atoms with Crippen LogP contribution in [0, 0.1) is 6.92 Å². The molecule has 4 aromatic rings. The zero-order valence-electron chi connectivity index (χ0n) is 18.7. The van der Waals surface area contributed by atoms with Gasteiger partial charge in [0.2, 0.25) is 10.0 Å². The minimum Gasteiger partial charge on any atom is -0.459 e. The zero-order chi connectivity index (χ0) is 25.0. The van der Waals surface area contributed by atoms with Gasteiger partial charge in [0.25, 0.3) is 0 Å². The maximum atomic E-state index is 13.5. The summed E-state index contributed by atoms with van der Waals surface area (Å²) < 4.78 is 34.3. The van der Waals surface area contributed by atoms with E-state index in [0.717, 1.165) is 5.56 Å². The maximum Gasteiger partial charge on any atom is 0.243 e. The van der Waals surface area contributed by atoms with Gasteiger partial charge in [0.15, 0.2) is 0 Å². The summed E-state index contributed by atoms with van der Waals surface area (Å²) in [7, 11) is -3.84. The molecule has 0 N–H and O–H groups in total. The lowest BCUT2D eigenvalue weighted by atomic mass is 10.2.